The van der Waals surface area contributed by atoms with Gasteiger partial charge in [0.25, 0.3) is 0 Å². The number of benzene rings is 1. The second-order valence-electron chi connectivity index (χ2n) is 4.56. The van der Waals surface area contributed by atoms with Crippen LogP contribution in [-0.2, 0) is 6.54 Å². The molecule has 1 aromatic carbocycles. The van der Waals surface area contributed by atoms with Gasteiger partial charge in [-0.3, -0.25) is 0 Å². The SMILES string of the molecule is C=C(C)CNC(N)=NCc1ccc(C)cc1OCC. The minimum Gasteiger partial charge on any atom is -0.494 e. The molecular weight excluding hydrogens is 238 g/mol. The van der Waals surface area contributed by atoms with Crippen LogP contribution in [0.1, 0.15) is 25.0 Å². The third-order valence-electron chi connectivity index (χ3n) is 2.51. The lowest BCUT2D eigenvalue weighted by atomic mass is 10.1. The van der Waals surface area contributed by atoms with Gasteiger partial charge in [-0.1, -0.05) is 24.3 Å². The Hall–Kier alpha value is -1.97. The number of aliphatic imine (C=N–C) groups is 1. The van der Waals surface area contributed by atoms with E-state index in [9.17, 15) is 0 Å². The molecule has 0 atom stereocenters. The molecule has 0 saturated heterocycles. The Morgan fingerprint density at radius 3 is 2.84 bits per heavy atom. The van der Waals surface area contributed by atoms with Crippen LogP contribution in [0.2, 0.25) is 0 Å². The van der Waals surface area contributed by atoms with Crippen molar-refractivity contribution in [1.29, 1.82) is 0 Å². The largest absolute Gasteiger partial charge is 0.494 e. The molecule has 0 aromatic heterocycles. The summed E-state index contributed by atoms with van der Waals surface area (Å²) in [5, 5.41) is 3.00. The molecule has 1 aromatic rings. The van der Waals surface area contributed by atoms with Crippen LogP contribution in [0.3, 0.4) is 0 Å². The number of rotatable bonds is 6. The maximum atomic E-state index is 5.78. The van der Waals surface area contributed by atoms with E-state index in [0.29, 0.717) is 25.7 Å². The van der Waals surface area contributed by atoms with Crippen LogP contribution in [0.5, 0.6) is 5.75 Å². The second kappa shape index (κ2) is 7.46. The fourth-order valence-corrected chi connectivity index (χ4v) is 1.55. The molecular formula is C15H23N3O. The van der Waals surface area contributed by atoms with Crippen LogP contribution in [0.15, 0.2) is 35.3 Å². The van der Waals surface area contributed by atoms with Gasteiger partial charge in [0.2, 0.25) is 0 Å². The summed E-state index contributed by atoms with van der Waals surface area (Å²) in [5.41, 5.74) is 9.00. The van der Waals surface area contributed by atoms with Crippen molar-refractivity contribution in [3.8, 4) is 5.75 Å². The number of ether oxygens (including phenoxy) is 1. The first-order chi connectivity index (χ1) is 9.02. The van der Waals surface area contributed by atoms with Gasteiger partial charge in [-0.25, -0.2) is 4.99 Å². The minimum absolute atomic E-state index is 0.422. The van der Waals surface area contributed by atoms with Gasteiger partial charge in [-0.15, -0.1) is 0 Å². The first-order valence-electron chi connectivity index (χ1n) is 6.43. The van der Waals surface area contributed by atoms with Crippen molar-refractivity contribution in [2.45, 2.75) is 27.3 Å². The van der Waals surface area contributed by atoms with Gasteiger partial charge in [0.05, 0.1) is 13.2 Å². The van der Waals surface area contributed by atoms with Gasteiger partial charge >= 0.3 is 0 Å². The zero-order valence-electron chi connectivity index (χ0n) is 12.0. The molecule has 0 heterocycles. The molecule has 0 fully saturated rings. The lowest BCUT2D eigenvalue weighted by Gasteiger charge is -2.10. The van der Waals surface area contributed by atoms with Crippen molar-refractivity contribution in [3.05, 3.63) is 41.5 Å². The number of hydrogen-bond acceptors (Lipinski definition) is 2. The van der Waals surface area contributed by atoms with Crippen molar-refractivity contribution in [1.82, 2.24) is 5.32 Å². The van der Waals surface area contributed by atoms with E-state index in [4.69, 9.17) is 10.5 Å². The van der Waals surface area contributed by atoms with Gasteiger partial charge in [0.1, 0.15) is 5.75 Å². The Labute approximate surface area is 115 Å². The van der Waals surface area contributed by atoms with Crippen molar-refractivity contribution in [2.75, 3.05) is 13.2 Å². The van der Waals surface area contributed by atoms with E-state index >= 15 is 0 Å². The number of guanidine groups is 1. The Morgan fingerprint density at radius 2 is 2.21 bits per heavy atom. The lowest BCUT2D eigenvalue weighted by Crippen LogP contribution is -2.32. The quantitative estimate of drug-likeness (QED) is 0.469. The Kier molecular flexibility index (Phi) is 5.93. The molecule has 0 aliphatic carbocycles. The maximum absolute atomic E-state index is 5.78. The van der Waals surface area contributed by atoms with Crippen LogP contribution < -0.4 is 15.8 Å². The molecule has 19 heavy (non-hydrogen) atoms. The summed E-state index contributed by atoms with van der Waals surface area (Å²) in [6, 6.07) is 6.09. The molecule has 4 heteroatoms. The summed E-state index contributed by atoms with van der Waals surface area (Å²) < 4.78 is 5.60. The van der Waals surface area contributed by atoms with Crippen LogP contribution in [-0.4, -0.2) is 19.1 Å². The maximum Gasteiger partial charge on any atom is 0.189 e. The molecule has 0 spiro atoms. The van der Waals surface area contributed by atoms with Gasteiger partial charge in [0, 0.05) is 12.1 Å². The van der Waals surface area contributed by atoms with Gasteiger partial charge in [0.15, 0.2) is 5.96 Å². The van der Waals surface area contributed by atoms with Crippen molar-refractivity contribution >= 4 is 5.96 Å². The molecule has 3 N–H and O–H groups in total. The minimum atomic E-state index is 0.422. The third kappa shape index (κ3) is 5.46. The number of nitrogens with two attached hydrogens (primary N) is 1. The van der Waals surface area contributed by atoms with Gasteiger partial charge < -0.3 is 15.8 Å². The van der Waals surface area contributed by atoms with Gasteiger partial charge in [-0.2, -0.15) is 0 Å². The zero-order chi connectivity index (χ0) is 14.3. The van der Waals surface area contributed by atoms with Crippen molar-refractivity contribution < 1.29 is 4.74 Å². The van der Waals surface area contributed by atoms with E-state index < -0.39 is 0 Å². The molecule has 104 valence electrons. The standard InChI is InChI=1S/C15H23N3O/c1-5-19-14-8-12(4)6-7-13(14)10-18-15(16)17-9-11(2)3/h6-8H,2,5,9-10H2,1,3-4H3,(H3,16,17,18). The van der Waals surface area contributed by atoms with E-state index in [-0.39, 0.29) is 0 Å². The highest BCUT2D eigenvalue weighted by atomic mass is 16.5. The molecule has 0 aliphatic rings. The predicted octanol–water partition coefficient (Wildman–Crippen LogP) is 2.37. The number of nitrogens with one attached hydrogen (secondary N) is 1. The van der Waals surface area contributed by atoms with Crippen LogP contribution in [0.4, 0.5) is 0 Å². The number of nitrogens with zero attached hydrogens (tertiary/aromatic N) is 1. The van der Waals surface area contributed by atoms with Crippen LogP contribution in [0, 0.1) is 6.92 Å². The van der Waals surface area contributed by atoms with Crippen LogP contribution >= 0.6 is 0 Å². The lowest BCUT2D eigenvalue weighted by molar-refractivity contribution is 0.336. The molecule has 0 amide bonds. The monoisotopic (exact) mass is 261 g/mol. The first-order valence-corrected chi connectivity index (χ1v) is 6.43. The van der Waals surface area contributed by atoms with E-state index in [1.807, 2.05) is 39.0 Å². The molecule has 0 aliphatic heterocycles. The smallest absolute Gasteiger partial charge is 0.189 e. The van der Waals surface area contributed by atoms with E-state index in [1.54, 1.807) is 0 Å². The number of hydrogen-bond donors (Lipinski definition) is 2. The summed E-state index contributed by atoms with van der Waals surface area (Å²) in [5.74, 6) is 1.30. The average molecular weight is 261 g/mol. The predicted molar refractivity (Wildman–Crippen MR) is 80.5 cm³/mol. The Balaban J connectivity index is 2.70. The van der Waals surface area contributed by atoms with E-state index in [1.165, 1.54) is 5.56 Å². The molecule has 0 bridgehead atoms. The van der Waals surface area contributed by atoms with Gasteiger partial charge in [-0.05, 0) is 32.4 Å². The van der Waals surface area contributed by atoms with Crippen molar-refractivity contribution in [2.24, 2.45) is 10.7 Å². The average Bonchev–Trinajstić information content (AvgIpc) is 2.35. The number of aryl methyl sites for hydroxylation is 1. The molecule has 1 rings (SSSR count). The van der Waals surface area contributed by atoms with E-state index in [0.717, 1.165) is 16.9 Å². The zero-order valence-corrected chi connectivity index (χ0v) is 12.0. The summed E-state index contributed by atoms with van der Waals surface area (Å²) in [7, 11) is 0. The molecule has 0 radical (unpaired) electrons. The highest BCUT2D eigenvalue weighted by Gasteiger charge is 2.03. The summed E-state index contributed by atoms with van der Waals surface area (Å²) >= 11 is 0. The normalized spacial score (nSPS) is 11.2. The topological polar surface area (TPSA) is 59.6 Å². The Morgan fingerprint density at radius 1 is 1.47 bits per heavy atom. The van der Waals surface area contributed by atoms with Crippen LogP contribution in [0.25, 0.3) is 0 Å². The second-order valence-corrected chi connectivity index (χ2v) is 4.56. The fraction of sp³-hybridized carbons (Fsp3) is 0.400. The summed E-state index contributed by atoms with van der Waals surface area (Å²) in [4.78, 5) is 4.30. The van der Waals surface area contributed by atoms with Crippen molar-refractivity contribution in [3.63, 3.8) is 0 Å². The molecule has 4 nitrogen and oxygen atoms in total. The fourth-order valence-electron chi connectivity index (χ4n) is 1.55. The molecule has 0 saturated carbocycles. The first kappa shape index (κ1) is 15.1. The highest BCUT2D eigenvalue weighted by Crippen LogP contribution is 2.21. The highest BCUT2D eigenvalue weighted by molar-refractivity contribution is 5.78. The summed E-state index contributed by atoms with van der Waals surface area (Å²) in [6.07, 6.45) is 0. The van der Waals surface area contributed by atoms with E-state index in [2.05, 4.69) is 16.9 Å². The summed E-state index contributed by atoms with van der Waals surface area (Å²) in [6.45, 7) is 11.5. The Bertz CT molecular complexity index is 466. The molecule has 0 unspecified atom stereocenters. The third-order valence-corrected chi connectivity index (χ3v) is 2.51.